The van der Waals surface area contributed by atoms with Crippen molar-refractivity contribution in [3.63, 3.8) is 0 Å². The number of benzene rings is 1. The molecule has 1 aromatic rings. The first kappa shape index (κ1) is 14.1. The van der Waals surface area contributed by atoms with Crippen molar-refractivity contribution >= 4 is 13.8 Å². The molecule has 0 aliphatic carbocycles. The van der Waals surface area contributed by atoms with Gasteiger partial charge in [-0.05, 0) is 13.3 Å². The van der Waals surface area contributed by atoms with Crippen LogP contribution in [0.25, 0.3) is 0 Å². The van der Waals surface area contributed by atoms with Crippen LogP contribution in [0.3, 0.4) is 0 Å². The molecule has 0 spiro atoms. The molecule has 0 N–H and O–H groups in total. The van der Waals surface area contributed by atoms with E-state index in [1.54, 1.807) is 0 Å². The molecule has 0 saturated carbocycles. The van der Waals surface area contributed by atoms with Gasteiger partial charge in [-0.25, -0.2) is 0 Å². The maximum atomic E-state index is 10.4. The van der Waals surface area contributed by atoms with Crippen LogP contribution in [0, 0.1) is 6.92 Å². The predicted molar refractivity (Wildman–Crippen MR) is 66.7 cm³/mol. The fourth-order valence-electron chi connectivity index (χ4n) is 0.944. The number of rotatable bonds is 4. The van der Waals surface area contributed by atoms with Gasteiger partial charge in [0.25, 0.3) is 0 Å². The van der Waals surface area contributed by atoms with Crippen molar-refractivity contribution < 1.29 is 9.36 Å². The van der Waals surface area contributed by atoms with Crippen molar-refractivity contribution in [2.45, 2.75) is 26.7 Å². The van der Waals surface area contributed by atoms with Gasteiger partial charge in [-0.2, -0.15) is 0 Å². The van der Waals surface area contributed by atoms with Gasteiger partial charge >= 0.3 is 0 Å². The Hall–Kier alpha value is -0.880. The second-order valence-corrected chi connectivity index (χ2v) is 5.01. The van der Waals surface area contributed by atoms with Gasteiger partial charge in [0.1, 0.15) is 7.80 Å². The molecule has 1 atom stereocenters. The van der Waals surface area contributed by atoms with Crippen LogP contribution in [0.2, 0.25) is 0 Å². The monoisotopic (exact) mass is 226 g/mol. The average Bonchev–Trinajstić information content (AvgIpc) is 2.28. The molecule has 1 unspecified atom stereocenters. The first-order chi connectivity index (χ1) is 7.20. The highest BCUT2D eigenvalue weighted by Gasteiger charge is 1.92. The topological polar surface area (TPSA) is 34.1 Å². The van der Waals surface area contributed by atoms with Gasteiger partial charge in [0.05, 0.1) is 0 Å². The van der Waals surface area contributed by atoms with Gasteiger partial charge in [-0.1, -0.05) is 49.2 Å². The highest BCUT2D eigenvalue weighted by molar-refractivity contribution is 7.60. The van der Waals surface area contributed by atoms with Gasteiger partial charge < -0.3 is 4.57 Å². The normalized spacial score (nSPS) is 11.1. The third kappa shape index (κ3) is 9.42. The fraction of sp³-hybridized carbons (Fsp3) is 0.417. The third-order valence-electron chi connectivity index (χ3n) is 1.85. The Morgan fingerprint density at radius 1 is 1.27 bits per heavy atom. The predicted octanol–water partition coefficient (Wildman–Crippen LogP) is 3.53. The van der Waals surface area contributed by atoms with Crippen LogP contribution in [0.15, 0.2) is 30.3 Å². The van der Waals surface area contributed by atoms with E-state index < -0.39 is 7.80 Å². The van der Waals surface area contributed by atoms with Crippen molar-refractivity contribution in [3.05, 3.63) is 35.9 Å². The molecule has 84 valence electrons. The van der Waals surface area contributed by atoms with E-state index in [0.29, 0.717) is 12.2 Å². The molecule has 3 heteroatoms. The minimum absolute atomic E-state index is 0.570. The van der Waals surface area contributed by atoms with Crippen LogP contribution in [0.1, 0.15) is 25.3 Å². The second kappa shape index (κ2) is 9.67. The Labute approximate surface area is 92.5 Å². The molecule has 0 aliphatic rings. The molecule has 0 amide bonds. The van der Waals surface area contributed by atoms with Crippen LogP contribution in [0.4, 0.5) is 0 Å². The zero-order chi connectivity index (χ0) is 11.5. The first-order valence-corrected chi connectivity index (χ1v) is 6.89. The molecule has 1 rings (SSSR count). The van der Waals surface area contributed by atoms with Crippen molar-refractivity contribution in [2.24, 2.45) is 0 Å². The maximum absolute atomic E-state index is 10.4. The molecule has 2 nitrogen and oxygen atoms in total. The molecule has 0 fully saturated rings. The van der Waals surface area contributed by atoms with Gasteiger partial charge in [-0.3, -0.25) is 4.79 Å². The number of hydrogen-bond acceptors (Lipinski definition) is 2. The van der Waals surface area contributed by atoms with Crippen LogP contribution < -0.4 is 0 Å². The zero-order valence-electron chi connectivity index (χ0n) is 9.40. The number of aryl methyl sites for hydroxylation is 1. The Balaban J connectivity index is 0.000000262. The molecule has 0 saturated heterocycles. The highest BCUT2D eigenvalue weighted by atomic mass is 31.1. The van der Waals surface area contributed by atoms with E-state index >= 15 is 0 Å². The summed E-state index contributed by atoms with van der Waals surface area (Å²) in [5.41, 5.74) is 1.32. The van der Waals surface area contributed by atoms with Crippen LogP contribution in [-0.4, -0.2) is 12.2 Å². The molecule has 0 aromatic heterocycles. The Morgan fingerprint density at radius 2 is 1.87 bits per heavy atom. The van der Waals surface area contributed by atoms with Crippen molar-refractivity contribution in [1.82, 2.24) is 0 Å². The number of carbonyl (C=O) groups is 1. The summed E-state index contributed by atoms with van der Waals surface area (Å²) >= 11 is 0. The lowest BCUT2D eigenvalue weighted by atomic mass is 10.2. The maximum Gasteiger partial charge on any atom is 0.176 e. The van der Waals surface area contributed by atoms with Gasteiger partial charge in [0, 0.05) is 6.16 Å². The number of hydrogen-bond donors (Lipinski definition) is 0. The second-order valence-electron chi connectivity index (χ2n) is 3.34. The summed E-state index contributed by atoms with van der Waals surface area (Å²) in [5.74, 6) is 0. The quantitative estimate of drug-likeness (QED) is 0.581. The van der Waals surface area contributed by atoms with E-state index in [4.69, 9.17) is 0 Å². The summed E-state index contributed by atoms with van der Waals surface area (Å²) in [5, 5.41) is 0. The summed E-state index contributed by atoms with van der Waals surface area (Å²) < 4.78 is 10.4. The Kier molecular flexibility index (Phi) is 9.10. The summed E-state index contributed by atoms with van der Waals surface area (Å²) in [6.07, 6.45) is 2.53. The first-order valence-electron chi connectivity index (χ1n) is 5.20. The molecule has 0 bridgehead atoms. The fourth-order valence-corrected chi connectivity index (χ4v) is 1.76. The number of unbranched alkanes of at least 4 members (excludes halogenated alkanes) is 1. The minimum atomic E-state index is -1.82. The highest BCUT2D eigenvalue weighted by Crippen LogP contribution is 2.16. The van der Waals surface area contributed by atoms with E-state index in [9.17, 15) is 9.36 Å². The lowest BCUT2D eigenvalue weighted by Crippen LogP contribution is -1.75. The van der Waals surface area contributed by atoms with Gasteiger partial charge in [0.2, 0.25) is 0 Å². The van der Waals surface area contributed by atoms with Crippen LogP contribution in [0.5, 0.6) is 0 Å². The number of carbonyl (C=O) groups excluding carboxylic acids is 1. The third-order valence-corrected chi connectivity index (χ3v) is 2.96. The van der Waals surface area contributed by atoms with Crippen LogP contribution in [-0.2, 0) is 9.36 Å². The minimum Gasteiger partial charge on any atom is -0.319 e. The van der Waals surface area contributed by atoms with Crippen molar-refractivity contribution in [1.29, 1.82) is 0 Å². The van der Waals surface area contributed by atoms with E-state index in [2.05, 4.69) is 19.1 Å². The van der Waals surface area contributed by atoms with E-state index in [0.717, 1.165) is 12.8 Å². The summed E-state index contributed by atoms with van der Waals surface area (Å²) in [6, 6.07) is 10.8. The molecule has 15 heavy (non-hydrogen) atoms. The molecular formula is C12H19O2P. The van der Waals surface area contributed by atoms with E-state index in [1.807, 2.05) is 25.1 Å². The lowest BCUT2D eigenvalue weighted by Gasteiger charge is -1.87. The summed E-state index contributed by atoms with van der Waals surface area (Å²) in [7, 11) is -1.82. The summed E-state index contributed by atoms with van der Waals surface area (Å²) in [6.45, 7) is 4.10. The van der Waals surface area contributed by atoms with E-state index in [1.165, 1.54) is 5.56 Å². The molecule has 1 aromatic carbocycles. The molecule has 0 radical (unpaired) electrons. The smallest absolute Gasteiger partial charge is 0.176 e. The van der Waals surface area contributed by atoms with Gasteiger partial charge in [0.15, 0.2) is 6.03 Å². The van der Waals surface area contributed by atoms with Crippen molar-refractivity contribution in [2.75, 3.05) is 6.16 Å². The Bertz CT molecular complexity index is 283. The van der Waals surface area contributed by atoms with Crippen molar-refractivity contribution in [3.8, 4) is 0 Å². The zero-order valence-corrected chi connectivity index (χ0v) is 10.4. The van der Waals surface area contributed by atoms with Gasteiger partial charge in [-0.15, -0.1) is 0 Å². The Morgan fingerprint density at radius 3 is 2.20 bits per heavy atom. The summed E-state index contributed by atoms with van der Waals surface area (Å²) in [4.78, 5) is 9.74. The molecule has 0 heterocycles. The molecule has 0 aliphatic heterocycles. The average molecular weight is 226 g/mol. The standard InChI is InChI=1S/C7H8.C5H11O2P/c1-7-5-3-2-4-6-7;1-2-3-4-8(7)5-6/h2-6H,1H3;5,8H,2-4H2,1H3. The van der Waals surface area contributed by atoms with Crippen LogP contribution >= 0.6 is 7.80 Å². The SMILES string of the molecule is CCCC[PH](=O)C=O.Cc1ccccc1. The largest absolute Gasteiger partial charge is 0.319 e. The molecular weight excluding hydrogens is 207 g/mol. The van der Waals surface area contributed by atoms with E-state index in [-0.39, 0.29) is 0 Å². The lowest BCUT2D eigenvalue weighted by molar-refractivity contribution is 0.557.